The Balaban J connectivity index is 1.31. The number of hydrogen-bond donors (Lipinski definition) is 2. The molecule has 0 spiro atoms. The maximum atomic E-state index is 12.8. The van der Waals surface area contributed by atoms with Crippen LogP contribution in [0.2, 0.25) is 0 Å². The van der Waals surface area contributed by atoms with Gasteiger partial charge in [-0.15, -0.1) is 0 Å². The highest BCUT2D eigenvalue weighted by Gasteiger charge is 2.58. The normalized spacial score (nSPS) is 33.4. The summed E-state index contributed by atoms with van der Waals surface area (Å²) in [5, 5.41) is 6.64. The lowest BCUT2D eigenvalue weighted by atomic mass is 9.85. The fourth-order valence-corrected chi connectivity index (χ4v) is 5.92. The molecule has 31 heavy (non-hydrogen) atoms. The monoisotopic (exact) mass is 429 g/mol. The summed E-state index contributed by atoms with van der Waals surface area (Å²) in [4.78, 5) is 34.5. The van der Waals surface area contributed by atoms with Crippen LogP contribution in [0.3, 0.4) is 0 Å². The van der Waals surface area contributed by atoms with Crippen LogP contribution in [0.25, 0.3) is 0 Å². The summed E-state index contributed by atoms with van der Waals surface area (Å²) in [6.07, 6.45) is 7.82. The van der Waals surface area contributed by atoms with Crippen LogP contribution in [0.4, 0.5) is 0 Å². The number of carbonyl (C=O) groups is 2. The van der Waals surface area contributed by atoms with E-state index in [1.54, 1.807) is 0 Å². The van der Waals surface area contributed by atoms with E-state index in [0.717, 1.165) is 37.9 Å². The summed E-state index contributed by atoms with van der Waals surface area (Å²) in [5.41, 5.74) is 0.00162. The minimum Gasteiger partial charge on any atom is -0.357 e. The van der Waals surface area contributed by atoms with Gasteiger partial charge >= 0.3 is 0 Å². The molecule has 0 aromatic rings. The predicted molar refractivity (Wildman–Crippen MR) is 122 cm³/mol. The third-order valence-corrected chi connectivity index (χ3v) is 7.67. The second-order valence-electron chi connectivity index (χ2n) is 10.5. The Morgan fingerprint density at radius 3 is 2.45 bits per heavy atom. The molecule has 7 heteroatoms. The van der Waals surface area contributed by atoms with Crippen molar-refractivity contribution in [2.45, 2.75) is 52.5 Å². The molecule has 2 aliphatic carbocycles. The average Bonchev–Trinajstić information content (AvgIpc) is 3.41. The molecule has 2 bridgehead atoms. The Morgan fingerprint density at radius 2 is 1.84 bits per heavy atom. The maximum absolute atomic E-state index is 12.8. The number of nitrogens with zero attached hydrogens (tertiary/aromatic N) is 3. The zero-order chi connectivity index (χ0) is 22.2. The van der Waals surface area contributed by atoms with Crippen LogP contribution < -0.4 is 10.6 Å². The molecule has 7 nitrogen and oxygen atoms in total. The van der Waals surface area contributed by atoms with Gasteiger partial charge in [-0.05, 0) is 64.3 Å². The topological polar surface area (TPSA) is 77.0 Å². The number of nitrogens with one attached hydrogen (secondary N) is 2. The fraction of sp³-hybridized carbons (Fsp3) is 0.792. The van der Waals surface area contributed by atoms with Gasteiger partial charge in [0, 0.05) is 31.7 Å². The number of carbonyl (C=O) groups excluding carboxylic acids is 2. The van der Waals surface area contributed by atoms with Gasteiger partial charge in [-0.3, -0.25) is 24.4 Å². The zero-order valence-corrected chi connectivity index (χ0v) is 19.6. The number of guanidine groups is 1. The van der Waals surface area contributed by atoms with Gasteiger partial charge in [-0.25, -0.2) is 0 Å². The summed E-state index contributed by atoms with van der Waals surface area (Å²) in [7, 11) is 0. The number of fused-ring (bicyclic) bond motifs is 5. The van der Waals surface area contributed by atoms with E-state index in [1.165, 1.54) is 17.7 Å². The molecule has 4 rings (SSSR count). The summed E-state index contributed by atoms with van der Waals surface area (Å²) in [5.74, 6) is 1.85. The highest BCUT2D eigenvalue weighted by Crippen LogP contribution is 2.52. The molecule has 1 saturated carbocycles. The third kappa shape index (κ3) is 4.38. The van der Waals surface area contributed by atoms with Gasteiger partial charge in [-0.2, -0.15) is 0 Å². The van der Waals surface area contributed by atoms with E-state index in [9.17, 15) is 9.59 Å². The van der Waals surface area contributed by atoms with Crippen LogP contribution in [0.5, 0.6) is 0 Å². The van der Waals surface area contributed by atoms with Crippen LogP contribution in [-0.2, 0) is 9.59 Å². The molecule has 0 radical (unpaired) electrons. The minimum absolute atomic E-state index is 0.00162. The molecule has 2 heterocycles. The first-order chi connectivity index (χ1) is 14.8. The van der Waals surface area contributed by atoms with Crippen molar-refractivity contribution in [2.24, 2.45) is 34.6 Å². The van der Waals surface area contributed by atoms with Crippen molar-refractivity contribution < 1.29 is 9.59 Å². The van der Waals surface area contributed by atoms with Crippen LogP contribution in [0.15, 0.2) is 17.1 Å². The molecule has 0 aromatic carbocycles. The molecule has 2 aliphatic heterocycles. The number of hydrogen-bond acceptors (Lipinski definition) is 4. The van der Waals surface area contributed by atoms with Crippen molar-refractivity contribution in [3.8, 4) is 0 Å². The van der Waals surface area contributed by atoms with Crippen LogP contribution in [-0.4, -0.2) is 72.4 Å². The Bertz CT molecular complexity index is 731. The highest BCUT2D eigenvalue weighted by molar-refractivity contribution is 6.06. The molecule has 5 atom stereocenters. The first-order valence-corrected chi connectivity index (χ1v) is 12.1. The smallest absolute Gasteiger partial charge is 0.233 e. The highest BCUT2D eigenvalue weighted by atomic mass is 16.2. The molecule has 172 valence electrons. The van der Waals surface area contributed by atoms with Crippen molar-refractivity contribution in [2.75, 3.05) is 39.3 Å². The molecular weight excluding hydrogens is 390 g/mol. The summed E-state index contributed by atoms with van der Waals surface area (Å²) in [6.45, 7) is 13.6. The second kappa shape index (κ2) is 8.93. The molecule has 2 N–H and O–H groups in total. The lowest BCUT2D eigenvalue weighted by Crippen LogP contribution is -2.51. The van der Waals surface area contributed by atoms with Crippen LogP contribution in [0, 0.1) is 29.6 Å². The average molecular weight is 430 g/mol. The molecule has 2 amide bonds. The zero-order valence-electron chi connectivity index (χ0n) is 19.6. The van der Waals surface area contributed by atoms with Gasteiger partial charge in [0.25, 0.3) is 0 Å². The molecule has 0 aromatic heterocycles. The van der Waals surface area contributed by atoms with Gasteiger partial charge in [0.1, 0.15) is 0 Å². The number of likely N-dealkylation sites (tertiary alicyclic amines) is 2. The number of allylic oxidation sites excluding steroid dienone is 2. The van der Waals surface area contributed by atoms with E-state index in [4.69, 9.17) is 4.99 Å². The molecule has 3 fully saturated rings. The van der Waals surface area contributed by atoms with E-state index in [1.807, 2.05) is 6.92 Å². The fourth-order valence-electron chi connectivity index (χ4n) is 5.92. The number of aliphatic imine (C=N–C) groups is 1. The van der Waals surface area contributed by atoms with Gasteiger partial charge in [-0.1, -0.05) is 19.1 Å². The Labute approximate surface area is 186 Å². The van der Waals surface area contributed by atoms with Crippen molar-refractivity contribution in [3.05, 3.63) is 12.2 Å². The van der Waals surface area contributed by atoms with Gasteiger partial charge in [0.05, 0.1) is 18.4 Å². The standard InChI is InChI=1S/C24H39N5O2/c1-5-25-23(27-15-24(3,4)28-11-6-7-16(2)14-28)26-10-12-29-21(30)19-17-8-9-18(13-17)20(19)22(29)31/h8-9,16-20H,5-7,10-15H2,1-4H3,(H2,25,26,27). The van der Waals surface area contributed by atoms with E-state index < -0.39 is 0 Å². The maximum Gasteiger partial charge on any atom is 0.233 e. The van der Waals surface area contributed by atoms with Crippen LogP contribution in [0.1, 0.15) is 47.0 Å². The second-order valence-corrected chi connectivity index (χ2v) is 10.5. The molecule has 4 aliphatic rings. The quantitative estimate of drug-likeness (QED) is 0.280. The number of amides is 2. The SMILES string of the molecule is CCNC(=NCC(C)(C)N1CCCC(C)C1)NCCN1C(=O)C2C3C=CC(C3)C2C1=O. The van der Waals surface area contributed by atoms with E-state index >= 15 is 0 Å². The first-order valence-electron chi connectivity index (χ1n) is 12.1. The molecule has 2 saturated heterocycles. The lowest BCUT2D eigenvalue weighted by Gasteiger charge is -2.42. The first kappa shape index (κ1) is 22.3. The Kier molecular flexibility index (Phi) is 6.42. The Hall–Kier alpha value is -1.89. The predicted octanol–water partition coefficient (Wildman–Crippen LogP) is 1.86. The molecule has 5 unspecified atom stereocenters. The van der Waals surface area contributed by atoms with Crippen molar-refractivity contribution >= 4 is 17.8 Å². The summed E-state index contributed by atoms with van der Waals surface area (Å²) < 4.78 is 0. The third-order valence-electron chi connectivity index (χ3n) is 7.67. The van der Waals surface area contributed by atoms with Crippen molar-refractivity contribution in [3.63, 3.8) is 0 Å². The summed E-state index contributed by atoms with van der Waals surface area (Å²) >= 11 is 0. The summed E-state index contributed by atoms with van der Waals surface area (Å²) in [6, 6.07) is 0. The minimum atomic E-state index is -0.114. The van der Waals surface area contributed by atoms with Crippen molar-refractivity contribution in [1.82, 2.24) is 20.4 Å². The van der Waals surface area contributed by atoms with Gasteiger partial charge in [0.2, 0.25) is 11.8 Å². The number of imide groups is 1. The van der Waals surface area contributed by atoms with Crippen LogP contribution >= 0.6 is 0 Å². The van der Waals surface area contributed by atoms with Crippen molar-refractivity contribution in [1.29, 1.82) is 0 Å². The van der Waals surface area contributed by atoms with E-state index in [-0.39, 0.29) is 41.0 Å². The van der Waals surface area contributed by atoms with Gasteiger partial charge < -0.3 is 10.6 Å². The van der Waals surface area contributed by atoms with E-state index in [0.29, 0.717) is 19.6 Å². The Morgan fingerprint density at radius 1 is 1.16 bits per heavy atom. The largest absolute Gasteiger partial charge is 0.357 e. The van der Waals surface area contributed by atoms with Gasteiger partial charge in [0.15, 0.2) is 5.96 Å². The number of rotatable bonds is 7. The molecular formula is C24H39N5O2. The lowest BCUT2D eigenvalue weighted by molar-refractivity contribution is -0.140. The number of piperidine rings is 1. The van der Waals surface area contributed by atoms with E-state index in [2.05, 4.69) is 48.5 Å².